The second-order valence-electron chi connectivity index (χ2n) is 4.44. The number of phenolic OH excluding ortho intramolecular Hbond substituents is 2. The van der Waals surface area contributed by atoms with E-state index in [-0.39, 0.29) is 29.6 Å². The van der Waals surface area contributed by atoms with Gasteiger partial charge in [-0.1, -0.05) is 0 Å². The number of carbonyl (C=O) groups is 2. The molecule has 0 spiro atoms. The maximum atomic E-state index is 11.9. The van der Waals surface area contributed by atoms with Gasteiger partial charge in [-0.2, -0.15) is 0 Å². The van der Waals surface area contributed by atoms with Crippen LogP contribution in [-0.2, 0) is 4.79 Å². The maximum absolute atomic E-state index is 11.9. The summed E-state index contributed by atoms with van der Waals surface area (Å²) >= 11 is 0. The lowest BCUT2D eigenvalue weighted by molar-refractivity contribution is -0.121. The van der Waals surface area contributed by atoms with Crippen molar-refractivity contribution in [3.8, 4) is 11.5 Å². The molecule has 2 N–H and O–H groups in total. The van der Waals surface area contributed by atoms with Crippen LogP contribution >= 0.6 is 0 Å². The second-order valence-corrected chi connectivity index (χ2v) is 4.44. The Kier molecular flexibility index (Phi) is 3.62. The van der Waals surface area contributed by atoms with E-state index < -0.39 is 0 Å². The minimum absolute atomic E-state index is 0.125. The van der Waals surface area contributed by atoms with Crippen LogP contribution in [0.1, 0.15) is 23.2 Å². The number of hydrogen-bond donors (Lipinski definition) is 2. The van der Waals surface area contributed by atoms with Crippen molar-refractivity contribution in [2.45, 2.75) is 12.8 Å². The smallest absolute Gasteiger partial charge is 0.176 e. The lowest BCUT2D eigenvalue weighted by Gasteiger charge is -2.24. The van der Waals surface area contributed by atoms with Gasteiger partial charge < -0.3 is 10.2 Å². The summed E-state index contributed by atoms with van der Waals surface area (Å²) in [4.78, 5) is 24.9. The standard InChI is InChI=1S/C13H15NO4/c15-10-3-5-14(6-4-10)8-13(18)9-1-2-11(16)12(17)7-9/h1-2,7,16-17H,3-6,8H2. The molecule has 0 amide bonds. The van der Waals surface area contributed by atoms with Crippen LogP contribution in [0.25, 0.3) is 0 Å². The SMILES string of the molecule is O=C1CCN(CC(=O)c2ccc(O)c(O)c2)CC1. The molecule has 1 fully saturated rings. The van der Waals surface area contributed by atoms with Gasteiger partial charge in [-0.25, -0.2) is 0 Å². The third-order valence-electron chi connectivity index (χ3n) is 3.08. The van der Waals surface area contributed by atoms with Crippen LogP contribution in [0.3, 0.4) is 0 Å². The van der Waals surface area contributed by atoms with Gasteiger partial charge in [-0.3, -0.25) is 14.5 Å². The molecule has 0 atom stereocenters. The highest BCUT2D eigenvalue weighted by Crippen LogP contribution is 2.25. The third kappa shape index (κ3) is 2.87. The van der Waals surface area contributed by atoms with E-state index in [4.69, 9.17) is 5.11 Å². The Hall–Kier alpha value is -1.88. The number of likely N-dealkylation sites (tertiary alicyclic amines) is 1. The van der Waals surface area contributed by atoms with E-state index in [1.165, 1.54) is 18.2 Å². The highest BCUT2D eigenvalue weighted by atomic mass is 16.3. The topological polar surface area (TPSA) is 77.8 Å². The molecule has 1 heterocycles. The first-order chi connectivity index (χ1) is 8.56. The monoisotopic (exact) mass is 249 g/mol. The minimum atomic E-state index is -0.297. The zero-order chi connectivity index (χ0) is 13.1. The highest BCUT2D eigenvalue weighted by Gasteiger charge is 2.19. The predicted molar refractivity (Wildman–Crippen MR) is 64.8 cm³/mol. The van der Waals surface area contributed by atoms with Crippen LogP contribution in [0.15, 0.2) is 18.2 Å². The van der Waals surface area contributed by atoms with Crippen LogP contribution in [0.5, 0.6) is 11.5 Å². The van der Waals surface area contributed by atoms with E-state index in [0.29, 0.717) is 31.5 Å². The first-order valence-corrected chi connectivity index (χ1v) is 5.85. The molecule has 1 aromatic rings. The highest BCUT2D eigenvalue weighted by molar-refractivity contribution is 5.98. The lowest BCUT2D eigenvalue weighted by Crippen LogP contribution is -2.37. The van der Waals surface area contributed by atoms with Gasteiger partial charge in [0.2, 0.25) is 0 Å². The van der Waals surface area contributed by atoms with E-state index in [1.54, 1.807) is 0 Å². The number of ketones is 2. The molecule has 0 bridgehead atoms. The average Bonchev–Trinajstić information content (AvgIpc) is 2.35. The fourth-order valence-corrected chi connectivity index (χ4v) is 1.95. The fraction of sp³-hybridized carbons (Fsp3) is 0.385. The van der Waals surface area contributed by atoms with Gasteiger partial charge in [0.15, 0.2) is 17.3 Å². The Labute approximate surface area is 105 Å². The molecule has 0 radical (unpaired) electrons. The molecule has 0 unspecified atom stereocenters. The number of nitrogens with zero attached hydrogens (tertiary/aromatic N) is 1. The van der Waals surface area contributed by atoms with Crippen molar-refractivity contribution < 1.29 is 19.8 Å². The molecule has 1 aromatic carbocycles. The number of rotatable bonds is 3. The molecular weight excluding hydrogens is 234 g/mol. The quantitative estimate of drug-likeness (QED) is 0.616. The molecular formula is C13H15NO4. The predicted octanol–water partition coefficient (Wildman–Crippen LogP) is 0.945. The Balaban J connectivity index is 1.99. The summed E-state index contributed by atoms with van der Waals surface area (Å²) in [6.45, 7) is 1.45. The molecule has 1 aliphatic heterocycles. The Morgan fingerprint density at radius 2 is 1.83 bits per heavy atom. The van der Waals surface area contributed by atoms with Gasteiger partial charge >= 0.3 is 0 Å². The second kappa shape index (κ2) is 5.18. The Morgan fingerprint density at radius 1 is 1.17 bits per heavy atom. The summed E-state index contributed by atoms with van der Waals surface area (Å²) in [5, 5.41) is 18.5. The molecule has 0 aliphatic carbocycles. The van der Waals surface area contributed by atoms with Crippen molar-refractivity contribution >= 4 is 11.6 Å². The summed E-state index contributed by atoms with van der Waals surface area (Å²) in [5.41, 5.74) is 0.363. The van der Waals surface area contributed by atoms with Gasteiger partial charge in [-0.15, -0.1) is 0 Å². The summed E-state index contributed by atoms with van der Waals surface area (Å²) < 4.78 is 0. The number of benzene rings is 1. The van der Waals surface area contributed by atoms with E-state index in [1.807, 2.05) is 4.90 Å². The van der Waals surface area contributed by atoms with E-state index in [9.17, 15) is 14.7 Å². The van der Waals surface area contributed by atoms with E-state index >= 15 is 0 Å². The van der Waals surface area contributed by atoms with Crippen molar-refractivity contribution in [3.05, 3.63) is 23.8 Å². The number of piperidine rings is 1. The van der Waals surface area contributed by atoms with E-state index in [0.717, 1.165) is 0 Å². The summed E-state index contributed by atoms with van der Waals surface area (Å²) in [5.74, 6) is -0.426. The molecule has 0 aromatic heterocycles. The van der Waals surface area contributed by atoms with Gasteiger partial charge in [0.1, 0.15) is 5.78 Å². The average molecular weight is 249 g/mol. The van der Waals surface area contributed by atoms with Crippen molar-refractivity contribution in [3.63, 3.8) is 0 Å². The van der Waals surface area contributed by atoms with Crippen molar-refractivity contribution in [1.29, 1.82) is 0 Å². The van der Waals surface area contributed by atoms with Crippen molar-refractivity contribution in [2.75, 3.05) is 19.6 Å². The number of aromatic hydroxyl groups is 2. The fourth-order valence-electron chi connectivity index (χ4n) is 1.95. The van der Waals surface area contributed by atoms with Gasteiger partial charge in [0, 0.05) is 31.5 Å². The largest absolute Gasteiger partial charge is 0.504 e. The first kappa shape index (κ1) is 12.6. The maximum Gasteiger partial charge on any atom is 0.176 e. The van der Waals surface area contributed by atoms with Crippen LogP contribution in [0, 0.1) is 0 Å². The molecule has 96 valence electrons. The normalized spacial score (nSPS) is 16.8. The van der Waals surface area contributed by atoms with Crippen molar-refractivity contribution in [1.82, 2.24) is 4.90 Å². The molecule has 1 aliphatic rings. The minimum Gasteiger partial charge on any atom is -0.504 e. The summed E-state index contributed by atoms with van der Waals surface area (Å²) in [7, 11) is 0. The van der Waals surface area contributed by atoms with Gasteiger partial charge in [0.25, 0.3) is 0 Å². The first-order valence-electron chi connectivity index (χ1n) is 5.85. The van der Waals surface area contributed by atoms with Gasteiger partial charge in [-0.05, 0) is 18.2 Å². The van der Waals surface area contributed by atoms with Crippen molar-refractivity contribution in [2.24, 2.45) is 0 Å². The molecule has 2 rings (SSSR count). The Morgan fingerprint density at radius 3 is 2.44 bits per heavy atom. The van der Waals surface area contributed by atoms with Crippen LogP contribution < -0.4 is 0 Å². The zero-order valence-electron chi connectivity index (χ0n) is 9.93. The van der Waals surface area contributed by atoms with Crippen LogP contribution in [0.4, 0.5) is 0 Å². The lowest BCUT2D eigenvalue weighted by atomic mass is 10.1. The van der Waals surface area contributed by atoms with E-state index in [2.05, 4.69) is 0 Å². The molecule has 0 saturated carbocycles. The summed E-state index contributed by atoms with van der Waals surface area (Å²) in [6, 6.07) is 4.03. The molecule has 5 heteroatoms. The third-order valence-corrected chi connectivity index (χ3v) is 3.08. The van der Waals surface area contributed by atoms with Crippen LogP contribution in [-0.4, -0.2) is 46.3 Å². The van der Waals surface area contributed by atoms with Crippen LogP contribution in [0.2, 0.25) is 0 Å². The molecule has 5 nitrogen and oxygen atoms in total. The number of phenols is 2. The summed E-state index contributed by atoms with van der Waals surface area (Å²) in [6.07, 6.45) is 0.988. The zero-order valence-corrected chi connectivity index (χ0v) is 9.93. The Bertz CT molecular complexity index is 474. The number of hydrogen-bond acceptors (Lipinski definition) is 5. The number of carbonyl (C=O) groups excluding carboxylic acids is 2. The molecule has 1 saturated heterocycles. The molecule has 18 heavy (non-hydrogen) atoms. The number of Topliss-reactive ketones (excluding diaryl/α,β-unsaturated/α-hetero) is 2. The van der Waals surface area contributed by atoms with Gasteiger partial charge in [0.05, 0.1) is 6.54 Å².